The number of benzene rings is 1. The minimum absolute atomic E-state index is 0.0285. The molecule has 8 nitrogen and oxygen atoms in total. The number of allylic oxidation sites excluding steroid dienone is 2. The molecule has 0 unspecified atom stereocenters. The van der Waals surface area contributed by atoms with E-state index in [1.165, 1.54) is 25.9 Å². The maximum atomic E-state index is 13.5. The van der Waals surface area contributed by atoms with Crippen molar-refractivity contribution in [3.63, 3.8) is 0 Å². The van der Waals surface area contributed by atoms with Gasteiger partial charge in [-0.15, -0.1) is 0 Å². The highest BCUT2D eigenvalue weighted by atomic mass is 16.6. The average Bonchev–Trinajstić information content (AvgIpc) is 3.18. The second-order valence-corrected chi connectivity index (χ2v) is 10.2. The van der Waals surface area contributed by atoms with Crippen molar-refractivity contribution in [3.05, 3.63) is 30.4 Å². The van der Waals surface area contributed by atoms with Crippen molar-refractivity contribution in [2.75, 3.05) is 31.5 Å². The molecular formula is C25H31N5O3. The van der Waals surface area contributed by atoms with Gasteiger partial charge in [0.25, 0.3) is 0 Å². The number of amides is 2. The Morgan fingerprint density at radius 2 is 1.79 bits per heavy atom. The van der Waals surface area contributed by atoms with Crippen molar-refractivity contribution < 1.29 is 14.2 Å². The largest absolute Gasteiger partial charge is 0.356 e. The smallest absolute Gasteiger partial charge is 0.228 e. The van der Waals surface area contributed by atoms with E-state index >= 15 is 0 Å². The van der Waals surface area contributed by atoms with Gasteiger partial charge in [0.1, 0.15) is 5.52 Å². The first-order valence-electron chi connectivity index (χ1n) is 12.4. The summed E-state index contributed by atoms with van der Waals surface area (Å²) in [6.45, 7) is 4.21. The molecule has 3 fully saturated rings. The van der Waals surface area contributed by atoms with Crippen LogP contribution in [0.15, 0.2) is 35.0 Å². The standard InChI is InChI=1S/C25H31N5O3/c31-23(26-12-1-2-13-30-14-3-4-15-30)20-16-8-9-17(25(16)10-11-25)21(20)24(32)27-18-6-5-7-19-22(18)29-33-28-19/h5-9,16-17,20-21H,1-4,10-15H2,(H,26,31)(H,27,32)/t16-,17+,20-,21-/m1/s1. The van der Waals surface area contributed by atoms with E-state index in [-0.39, 0.29) is 40.9 Å². The number of carbonyl (C=O) groups excluding carboxylic acids is 2. The molecule has 2 heterocycles. The van der Waals surface area contributed by atoms with Crippen LogP contribution in [-0.4, -0.2) is 53.2 Å². The lowest BCUT2D eigenvalue weighted by atomic mass is 9.81. The molecule has 4 aliphatic rings. The Bertz CT molecular complexity index is 1080. The van der Waals surface area contributed by atoms with Crippen LogP contribution in [0.2, 0.25) is 0 Å². The predicted molar refractivity (Wildman–Crippen MR) is 123 cm³/mol. The number of nitrogens with zero attached hydrogens (tertiary/aromatic N) is 3. The SMILES string of the molecule is O=C(NCCCCN1CCCC1)[C@H]1[C@H](C(=O)Nc2cccc3nonc23)[C@@H]2C=C[C@H]1C21CC1. The Hall–Kier alpha value is -2.74. The van der Waals surface area contributed by atoms with Gasteiger partial charge in [-0.2, -0.15) is 0 Å². The molecule has 1 aliphatic heterocycles. The Kier molecular flexibility index (Phi) is 5.20. The topological polar surface area (TPSA) is 100 Å². The summed E-state index contributed by atoms with van der Waals surface area (Å²) in [6.07, 6.45) is 11.3. The average molecular weight is 450 g/mol. The van der Waals surface area contributed by atoms with Crippen LogP contribution >= 0.6 is 0 Å². The molecule has 2 N–H and O–H groups in total. The second kappa shape index (κ2) is 8.24. The number of anilines is 1. The van der Waals surface area contributed by atoms with Crippen molar-refractivity contribution in [2.45, 2.75) is 38.5 Å². The summed E-state index contributed by atoms with van der Waals surface area (Å²) in [5, 5.41) is 14.0. The highest BCUT2D eigenvalue weighted by molar-refractivity contribution is 6.02. The molecular weight excluding hydrogens is 418 g/mol. The number of aromatic nitrogens is 2. The minimum atomic E-state index is -0.359. The summed E-state index contributed by atoms with van der Waals surface area (Å²) in [5.41, 5.74) is 1.82. The van der Waals surface area contributed by atoms with Crippen LogP contribution < -0.4 is 10.6 Å². The zero-order chi connectivity index (χ0) is 22.4. The minimum Gasteiger partial charge on any atom is -0.356 e. The lowest BCUT2D eigenvalue weighted by Gasteiger charge is -2.26. The van der Waals surface area contributed by atoms with E-state index in [2.05, 4.69) is 38.0 Å². The van der Waals surface area contributed by atoms with Crippen LogP contribution in [0, 0.1) is 29.1 Å². The van der Waals surface area contributed by atoms with Crippen molar-refractivity contribution in [3.8, 4) is 0 Å². The van der Waals surface area contributed by atoms with Crippen molar-refractivity contribution >= 4 is 28.5 Å². The molecule has 1 aromatic carbocycles. The van der Waals surface area contributed by atoms with Gasteiger partial charge < -0.3 is 15.5 Å². The van der Waals surface area contributed by atoms with Gasteiger partial charge in [0.2, 0.25) is 11.8 Å². The van der Waals surface area contributed by atoms with Crippen molar-refractivity contribution in [1.82, 2.24) is 20.5 Å². The number of unbranched alkanes of at least 4 members (excludes halogenated alkanes) is 1. The highest BCUT2D eigenvalue weighted by Gasteiger charge is 2.69. The molecule has 2 aromatic rings. The van der Waals surface area contributed by atoms with Gasteiger partial charge in [-0.1, -0.05) is 18.2 Å². The van der Waals surface area contributed by atoms with E-state index < -0.39 is 0 Å². The van der Waals surface area contributed by atoms with Gasteiger partial charge in [0, 0.05) is 6.54 Å². The number of nitrogens with one attached hydrogen (secondary N) is 2. The van der Waals surface area contributed by atoms with Gasteiger partial charge in [-0.25, -0.2) is 4.63 Å². The molecule has 1 saturated heterocycles. The first kappa shape index (κ1) is 20.8. The summed E-state index contributed by atoms with van der Waals surface area (Å²) in [6, 6.07) is 5.41. The molecule has 2 amide bonds. The van der Waals surface area contributed by atoms with Crippen LogP contribution in [-0.2, 0) is 9.59 Å². The monoisotopic (exact) mass is 449 g/mol. The van der Waals surface area contributed by atoms with E-state index in [4.69, 9.17) is 4.63 Å². The van der Waals surface area contributed by atoms with E-state index in [1.54, 1.807) is 12.1 Å². The van der Waals surface area contributed by atoms with Crippen LogP contribution in [0.4, 0.5) is 5.69 Å². The lowest BCUT2D eigenvalue weighted by molar-refractivity contribution is -0.132. The number of hydrogen-bond donors (Lipinski definition) is 2. The van der Waals surface area contributed by atoms with Gasteiger partial charge in [-0.3, -0.25) is 9.59 Å². The number of hydrogen-bond acceptors (Lipinski definition) is 6. The third kappa shape index (κ3) is 3.55. The number of fused-ring (bicyclic) bond motifs is 1. The lowest BCUT2D eigenvalue weighted by Crippen LogP contribution is -2.42. The van der Waals surface area contributed by atoms with Gasteiger partial charge in [-0.05, 0) is 97.9 Å². The van der Waals surface area contributed by atoms with E-state index in [1.807, 2.05) is 6.07 Å². The molecule has 2 saturated carbocycles. The number of likely N-dealkylation sites (tertiary alicyclic amines) is 1. The fourth-order valence-corrected chi connectivity index (χ4v) is 6.63. The molecule has 3 aliphatic carbocycles. The molecule has 6 rings (SSSR count). The zero-order valence-corrected chi connectivity index (χ0v) is 18.8. The summed E-state index contributed by atoms with van der Waals surface area (Å²) >= 11 is 0. The summed E-state index contributed by atoms with van der Waals surface area (Å²) < 4.78 is 4.83. The molecule has 0 radical (unpaired) electrons. The van der Waals surface area contributed by atoms with Crippen LogP contribution in [0.25, 0.3) is 11.0 Å². The van der Waals surface area contributed by atoms with Gasteiger partial charge in [0.05, 0.1) is 17.5 Å². The van der Waals surface area contributed by atoms with Gasteiger partial charge in [0.15, 0.2) is 5.52 Å². The van der Waals surface area contributed by atoms with E-state index in [0.29, 0.717) is 23.3 Å². The van der Waals surface area contributed by atoms with E-state index in [0.717, 1.165) is 32.2 Å². The zero-order valence-electron chi connectivity index (χ0n) is 18.8. The summed E-state index contributed by atoms with van der Waals surface area (Å²) in [7, 11) is 0. The highest BCUT2D eigenvalue weighted by Crippen LogP contribution is 2.72. The fourth-order valence-electron chi connectivity index (χ4n) is 6.63. The van der Waals surface area contributed by atoms with Crippen LogP contribution in [0.3, 0.4) is 0 Å². The summed E-state index contributed by atoms with van der Waals surface area (Å²) in [5.74, 6) is -0.461. The number of rotatable bonds is 8. The summed E-state index contributed by atoms with van der Waals surface area (Å²) in [4.78, 5) is 29.4. The normalized spacial score (nSPS) is 29.2. The molecule has 2 bridgehead atoms. The molecule has 1 aromatic heterocycles. The third-order valence-electron chi connectivity index (χ3n) is 8.39. The fraction of sp³-hybridized carbons (Fsp3) is 0.600. The van der Waals surface area contributed by atoms with E-state index in [9.17, 15) is 9.59 Å². The van der Waals surface area contributed by atoms with Crippen molar-refractivity contribution in [1.29, 1.82) is 0 Å². The quantitative estimate of drug-likeness (QED) is 0.475. The first-order valence-corrected chi connectivity index (χ1v) is 12.4. The van der Waals surface area contributed by atoms with Crippen LogP contribution in [0.5, 0.6) is 0 Å². The molecule has 174 valence electrons. The Labute approximate surface area is 193 Å². The first-order chi connectivity index (χ1) is 16.2. The second-order valence-electron chi connectivity index (χ2n) is 10.2. The predicted octanol–water partition coefficient (Wildman–Crippen LogP) is 2.98. The van der Waals surface area contributed by atoms with Crippen molar-refractivity contribution in [2.24, 2.45) is 29.1 Å². The maximum absolute atomic E-state index is 13.5. The third-order valence-corrected chi connectivity index (χ3v) is 8.39. The molecule has 4 atom stereocenters. The Balaban J connectivity index is 1.13. The Morgan fingerprint density at radius 1 is 1.03 bits per heavy atom. The Morgan fingerprint density at radius 3 is 2.55 bits per heavy atom. The molecule has 8 heteroatoms. The van der Waals surface area contributed by atoms with Gasteiger partial charge >= 0.3 is 0 Å². The molecule has 33 heavy (non-hydrogen) atoms. The number of carbonyl (C=O) groups is 2. The maximum Gasteiger partial charge on any atom is 0.228 e. The molecule has 1 spiro atoms. The van der Waals surface area contributed by atoms with Crippen LogP contribution in [0.1, 0.15) is 38.5 Å².